The standard InChI is InChI=1S/C5H5BrS2/c6-5-3-8-2-4(5)1-7/h2-3,7H,1H2. The van der Waals surface area contributed by atoms with E-state index < -0.39 is 0 Å². The van der Waals surface area contributed by atoms with E-state index in [4.69, 9.17) is 0 Å². The first-order chi connectivity index (χ1) is 3.84. The Morgan fingerprint density at radius 3 is 2.62 bits per heavy atom. The van der Waals surface area contributed by atoms with Gasteiger partial charge in [-0.15, -0.1) is 0 Å². The first-order valence-electron chi connectivity index (χ1n) is 2.16. The average molecular weight is 209 g/mol. The summed E-state index contributed by atoms with van der Waals surface area (Å²) in [7, 11) is 0. The van der Waals surface area contributed by atoms with Gasteiger partial charge in [0.05, 0.1) is 0 Å². The predicted octanol–water partition coefficient (Wildman–Crippen LogP) is 2.94. The van der Waals surface area contributed by atoms with Crippen LogP contribution >= 0.6 is 39.9 Å². The molecule has 0 bridgehead atoms. The molecule has 3 heteroatoms. The monoisotopic (exact) mass is 208 g/mol. The Bertz CT molecular complexity index is 171. The van der Waals surface area contributed by atoms with Crippen LogP contribution in [0, 0.1) is 0 Å². The summed E-state index contributed by atoms with van der Waals surface area (Å²) < 4.78 is 1.18. The van der Waals surface area contributed by atoms with Gasteiger partial charge in [-0.1, -0.05) is 0 Å². The lowest BCUT2D eigenvalue weighted by atomic mass is 10.4. The Morgan fingerprint density at radius 2 is 2.38 bits per heavy atom. The second-order valence-corrected chi connectivity index (χ2v) is 3.32. The van der Waals surface area contributed by atoms with E-state index in [1.165, 1.54) is 10.0 Å². The van der Waals surface area contributed by atoms with Crippen molar-refractivity contribution in [1.82, 2.24) is 0 Å². The third-order valence-electron chi connectivity index (χ3n) is 0.859. The van der Waals surface area contributed by atoms with E-state index in [-0.39, 0.29) is 0 Å². The summed E-state index contributed by atoms with van der Waals surface area (Å²) in [5.74, 6) is 0.823. The van der Waals surface area contributed by atoms with E-state index in [1.807, 2.05) is 0 Å². The number of thiol groups is 1. The van der Waals surface area contributed by atoms with E-state index >= 15 is 0 Å². The molecule has 0 saturated carbocycles. The Labute approximate surface area is 66.5 Å². The quantitative estimate of drug-likeness (QED) is 0.675. The molecular formula is C5H5BrS2. The second kappa shape index (κ2) is 2.90. The summed E-state index contributed by atoms with van der Waals surface area (Å²) in [5, 5.41) is 4.16. The molecule has 1 aromatic heterocycles. The van der Waals surface area contributed by atoms with Gasteiger partial charge in [-0.2, -0.15) is 24.0 Å². The molecule has 1 heterocycles. The maximum atomic E-state index is 4.12. The van der Waals surface area contributed by atoms with Gasteiger partial charge in [0.25, 0.3) is 0 Å². The minimum absolute atomic E-state index is 0.823. The summed E-state index contributed by atoms with van der Waals surface area (Å²) in [6.45, 7) is 0. The van der Waals surface area contributed by atoms with Crippen molar-refractivity contribution in [2.24, 2.45) is 0 Å². The van der Waals surface area contributed by atoms with Crippen molar-refractivity contribution in [3.8, 4) is 0 Å². The highest BCUT2D eigenvalue weighted by atomic mass is 79.9. The number of rotatable bonds is 1. The lowest BCUT2D eigenvalue weighted by molar-refractivity contribution is 1.46. The van der Waals surface area contributed by atoms with Gasteiger partial charge in [0.15, 0.2) is 0 Å². The summed E-state index contributed by atoms with van der Waals surface area (Å²) in [6, 6.07) is 0. The molecule has 1 rings (SSSR count). The Kier molecular flexibility index (Phi) is 2.41. The SMILES string of the molecule is SCc1cscc1Br. The zero-order valence-electron chi connectivity index (χ0n) is 4.10. The van der Waals surface area contributed by atoms with Crippen molar-refractivity contribution < 1.29 is 0 Å². The van der Waals surface area contributed by atoms with E-state index in [2.05, 4.69) is 39.3 Å². The topological polar surface area (TPSA) is 0 Å². The molecule has 0 aliphatic heterocycles. The molecule has 44 valence electrons. The zero-order chi connectivity index (χ0) is 5.98. The van der Waals surface area contributed by atoms with Crippen LogP contribution in [0.3, 0.4) is 0 Å². The fourth-order valence-corrected chi connectivity index (χ4v) is 2.47. The van der Waals surface area contributed by atoms with Gasteiger partial charge in [0, 0.05) is 15.6 Å². The highest BCUT2D eigenvalue weighted by Crippen LogP contribution is 2.22. The van der Waals surface area contributed by atoms with Gasteiger partial charge >= 0.3 is 0 Å². The largest absolute Gasteiger partial charge is 0.174 e. The van der Waals surface area contributed by atoms with E-state index in [1.54, 1.807) is 11.3 Å². The van der Waals surface area contributed by atoms with Crippen molar-refractivity contribution in [3.63, 3.8) is 0 Å². The van der Waals surface area contributed by atoms with Gasteiger partial charge in [0.2, 0.25) is 0 Å². The maximum Gasteiger partial charge on any atom is 0.0322 e. The smallest absolute Gasteiger partial charge is 0.0322 e. The number of hydrogen-bond donors (Lipinski definition) is 1. The van der Waals surface area contributed by atoms with Crippen LogP contribution in [-0.4, -0.2) is 0 Å². The Balaban J connectivity index is 2.92. The van der Waals surface area contributed by atoms with Crippen molar-refractivity contribution in [3.05, 3.63) is 20.8 Å². The van der Waals surface area contributed by atoms with Crippen LogP contribution in [0.2, 0.25) is 0 Å². The first kappa shape index (κ1) is 6.65. The zero-order valence-corrected chi connectivity index (χ0v) is 7.39. The van der Waals surface area contributed by atoms with Crippen LogP contribution in [0.4, 0.5) is 0 Å². The normalized spacial score (nSPS) is 9.75. The number of thiophene rings is 1. The molecule has 0 unspecified atom stereocenters. The lowest BCUT2D eigenvalue weighted by Gasteiger charge is -1.85. The molecule has 0 aliphatic rings. The van der Waals surface area contributed by atoms with Crippen LogP contribution in [0.25, 0.3) is 0 Å². The summed E-state index contributed by atoms with van der Waals surface area (Å²) in [5.41, 5.74) is 1.28. The third kappa shape index (κ3) is 1.27. The molecule has 0 atom stereocenters. The molecule has 0 radical (unpaired) electrons. The number of halogens is 1. The molecule has 0 aromatic carbocycles. The summed E-state index contributed by atoms with van der Waals surface area (Å²) in [6.07, 6.45) is 0. The minimum Gasteiger partial charge on any atom is -0.174 e. The van der Waals surface area contributed by atoms with Crippen LogP contribution in [0.1, 0.15) is 5.56 Å². The third-order valence-corrected chi connectivity index (χ3v) is 3.03. The molecule has 0 nitrogen and oxygen atoms in total. The highest BCUT2D eigenvalue weighted by Gasteiger charge is 1.94. The molecule has 0 amide bonds. The Hall–Kier alpha value is 0.530. The second-order valence-electron chi connectivity index (χ2n) is 1.40. The van der Waals surface area contributed by atoms with Gasteiger partial charge in [-0.25, -0.2) is 0 Å². The van der Waals surface area contributed by atoms with Crippen LogP contribution in [0.5, 0.6) is 0 Å². The molecule has 0 N–H and O–H groups in total. The van der Waals surface area contributed by atoms with Gasteiger partial charge in [-0.05, 0) is 26.9 Å². The fraction of sp³-hybridized carbons (Fsp3) is 0.200. The maximum absolute atomic E-state index is 4.12. The molecule has 8 heavy (non-hydrogen) atoms. The molecular weight excluding hydrogens is 204 g/mol. The minimum atomic E-state index is 0.823. The van der Waals surface area contributed by atoms with E-state index in [9.17, 15) is 0 Å². The van der Waals surface area contributed by atoms with Crippen LogP contribution in [-0.2, 0) is 5.75 Å². The van der Waals surface area contributed by atoms with E-state index in [0.717, 1.165) is 5.75 Å². The lowest BCUT2D eigenvalue weighted by Crippen LogP contribution is -1.67. The fourth-order valence-electron chi connectivity index (χ4n) is 0.421. The summed E-state index contributed by atoms with van der Waals surface area (Å²) >= 11 is 9.21. The van der Waals surface area contributed by atoms with Gasteiger partial charge in [0.1, 0.15) is 0 Å². The van der Waals surface area contributed by atoms with Crippen LogP contribution in [0.15, 0.2) is 15.2 Å². The molecule has 1 aromatic rings. The molecule has 0 fully saturated rings. The van der Waals surface area contributed by atoms with Crippen molar-refractivity contribution in [1.29, 1.82) is 0 Å². The first-order valence-corrected chi connectivity index (χ1v) is 4.53. The van der Waals surface area contributed by atoms with Gasteiger partial charge < -0.3 is 0 Å². The molecule has 0 spiro atoms. The molecule has 0 saturated heterocycles. The number of hydrogen-bond acceptors (Lipinski definition) is 2. The average Bonchev–Trinajstić information content (AvgIpc) is 2.14. The van der Waals surface area contributed by atoms with Crippen molar-refractivity contribution in [2.75, 3.05) is 0 Å². The van der Waals surface area contributed by atoms with Gasteiger partial charge in [-0.3, -0.25) is 0 Å². The molecule has 0 aliphatic carbocycles. The Morgan fingerprint density at radius 1 is 1.62 bits per heavy atom. The van der Waals surface area contributed by atoms with E-state index in [0.29, 0.717) is 0 Å². The van der Waals surface area contributed by atoms with Crippen molar-refractivity contribution in [2.45, 2.75) is 5.75 Å². The predicted molar refractivity (Wildman–Crippen MR) is 44.7 cm³/mol. The summed E-state index contributed by atoms with van der Waals surface area (Å²) in [4.78, 5) is 0. The van der Waals surface area contributed by atoms with Crippen LogP contribution < -0.4 is 0 Å². The highest BCUT2D eigenvalue weighted by molar-refractivity contribution is 9.10. The van der Waals surface area contributed by atoms with Crippen molar-refractivity contribution >= 4 is 39.9 Å².